The minimum absolute atomic E-state index is 0.000738. The van der Waals surface area contributed by atoms with Crippen LogP contribution in [-0.4, -0.2) is 36.1 Å². The Morgan fingerprint density at radius 1 is 1.18 bits per heavy atom. The lowest BCUT2D eigenvalue weighted by atomic mass is 9.91. The van der Waals surface area contributed by atoms with Gasteiger partial charge in [-0.2, -0.15) is 4.31 Å². The Labute approximate surface area is 105 Å². The van der Waals surface area contributed by atoms with E-state index in [1.807, 2.05) is 13.8 Å². The summed E-state index contributed by atoms with van der Waals surface area (Å²) in [6.45, 7) is 4.53. The van der Waals surface area contributed by atoms with Crippen LogP contribution >= 0.6 is 0 Å². The summed E-state index contributed by atoms with van der Waals surface area (Å²) in [5, 5.41) is -0.160. The molecule has 5 heteroatoms. The van der Waals surface area contributed by atoms with E-state index >= 15 is 0 Å². The topological polar surface area (TPSA) is 63.4 Å². The Hall–Kier alpha value is -0.130. The number of nitrogens with zero attached hydrogens (tertiary/aromatic N) is 1. The molecule has 1 atom stereocenters. The molecule has 4 nitrogen and oxygen atoms in total. The van der Waals surface area contributed by atoms with Crippen LogP contribution in [0, 0.1) is 0 Å². The highest BCUT2D eigenvalue weighted by atomic mass is 32.2. The zero-order chi connectivity index (χ0) is 12.7. The fourth-order valence-electron chi connectivity index (χ4n) is 3.03. The molecule has 0 bridgehead atoms. The summed E-state index contributed by atoms with van der Waals surface area (Å²) < 4.78 is 26.9. The molecule has 2 fully saturated rings. The molecule has 2 aliphatic rings. The van der Waals surface area contributed by atoms with Crippen LogP contribution in [0.2, 0.25) is 0 Å². The van der Waals surface area contributed by atoms with Gasteiger partial charge in [-0.3, -0.25) is 0 Å². The standard InChI is InChI=1S/C12H24N2O2S/c1-12(2)8-7-10(13)9-14(12)17(15,16)11-5-3-4-6-11/h10-11H,3-9,13H2,1-2H3. The normalized spacial score (nSPS) is 31.8. The van der Waals surface area contributed by atoms with Crippen LogP contribution in [-0.2, 0) is 10.0 Å². The van der Waals surface area contributed by atoms with E-state index in [1.54, 1.807) is 4.31 Å². The van der Waals surface area contributed by atoms with Crippen molar-refractivity contribution in [3.8, 4) is 0 Å². The van der Waals surface area contributed by atoms with Gasteiger partial charge in [-0.1, -0.05) is 12.8 Å². The van der Waals surface area contributed by atoms with Crippen molar-refractivity contribution in [3.63, 3.8) is 0 Å². The van der Waals surface area contributed by atoms with E-state index in [-0.39, 0.29) is 16.8 Å². The van der Waals surface area contributed by atoms with Gasteiger partial charge in [-0.05, 0) is 39.5 Å². The Morgan fingerprint density at radius 3 is 2.35 bits per heavy atom. The molecule has 1 saturated heterocycles. The Kier molecular flexibility index (Phi) is 3.54. The van der Waals surface area contributed by atoms with E-state index in [2.05, 4.69) is 0 Å². The lowest BCUT2D eigenvalue weighted by Crippen LogP contribution is -2.58. The van der Waals surface area contributed by atoms with Gasteiger partial charge in [0.25, 0.3) is 0 Å². The summed E-state index contributed by atoms with van der Waals surface area (Å²) in [5.41, 5.74) is 5.67. The van der Waals surface area contributed by atoms with Crippen molar-refractivity contribution in [2.45, 2.75) is 69.2 Å². The van der Waals surface area contributed by atoms with Gasteiger partial charge < -0.3 is 5.73 Å². The van der Waals surface area contributed by atoms with Gasteiger partial charge in [-0.15, -0.1) is 0 Å². The van der Waals surface area contributed by atoms with E-state index in [0.717, 1.165) is 38.5 Å². The molecular formula is C12H24N2O2S. The predicted molar refractivity (Wildman–Crippen MR) is 69.2 cm³/mol. The summed E-state index contributed by atoms with van der Waals surface area (Å²) in [6.07, 6.45) is 5.52. The van der Waals surface area contributed by atoms with Crippen molar-refractivity contribution in [3.05, 3.63) is 0 Å². The third-order valence-corrected chi connectivity index (χ3v) is 6.80. The average molecular weight is 260 g/mol. The Bertz CT molecular complexity index is 372. The van der Waals surface area contributed by atoms with Crippen molar-refractivity contribution in [2.24, 2.45) is 5.73 Å². The summed E-state index contributed by atoms with van der Waals surface area (Å²) in [7, 11) is -3.15. The highest BCUT2D eigenvalue weighted by Crippen LogP contribution is 2.35. The first-order valence-electron chi connectivity index (χ1n) is 6.61. The highest BCUT2D eigenvalue weighted by Gasteiger charge is 2.44. The third-order valence-electron chi connectivity index (χ3n) is 4.23. The van der Waals surface area contributed by atoms with Gasteiger partial charge >= 0.3 is 0 Å². The van der Waals surface area contributed by atoms with Crippen molar-refractivity contribution in [1.29, 1.82) is 0 Å². The number of hydrogen-bond acceptors (Lipinski definition) is 3. The number of sulfonamides is 1. The molecule has 100 valence electrons. The number of piperidine rings is 1. The fourth-order valence-corrected chi connectivity index (χ4v) is 5.50. The average Bonchev–Trinajstić information content (AvgIpc) is 2.75. The Balaban J connectivity index is 2.23. The summed E-state index contributed by atoms with van der Waals surface area (Å²) >= 11 is 0. The molecule has 1 aliphatic heterocycles. The van der Waals surface area contributed by atoms with E-state index in [0.29, 0.717) is 6.54 Å². The molecule has 0 amide bonds. The Morgan fingerprint density at radius 2 is 1.76 bits per heavy atom. The zero-order valence-electron chi connectivity index (χ0n) is 10.9. The first-order chi connectivity index (χ1) is 7.84. The van der Waals surface area contributed by atoms with E-state index in [9.17, 15) is 8.42 Å². The largest absolute Gasteiger partial charge is 0.327 e. The maximum Gasteiger partial charge on any atom is 0.217 e. The molecule has 0 aromatic carbocycles. The molecule has 0 radical (unpaired) electrons. The lowest BCUT2D eigenvalue weighted by Gasteiger charge is -2.44. The smallest absolute Gasteiger partial charge is 0.217 e. The number of nitrogens with two attached hydrogens (primary N) is 1. The molecule has 0 aromatic heterocycles. The zero-order valence-corrected chi connectivity index (χ0v) is 11.7. The van der Waals surface area contributed by atoms with Crippen LogP contribution in [0.3, 0.4) is 0 Å². The van der Waals surface area contributed by atoms with E-state index < -0.39 is 10.0 Å². The summed E-state index contributed by atoms with van der Waals surface area (Å²) in [4.78, 5) is 0. The molecule has 17 heavy (non-hydrogen) atoms. The monoisotopic (exact) mass is 260 g/mol. The number of rotatable bonds is 2. The second-order valence-corrected chi connectivity index (χ2v) is 8.23. The minimum Gasteiger partial charge on any atom is -0.327 e. The number of hydrogen-bond donors (Lipinski definition) is 1. The van der Waals surface area contributed by atoms with Crippen LogP contribution in [0.5, 0.6) is 0 Å². The predicted octanol–water partition coefficient (Wildman–Crippen LogP) is 1.46. The maximum absolute atomic E-state index is 12.6. The first-order valence-corrected chi connectivity index (χ1v) is 8.11. The molecule has 1 heterocycles. The second kappa shape index (κ2) is 4.52. The van der Waals surface area contributed by atoms with Gasteiger partial charge in [0.15, 0.2) is 0 Å². The van der Waals surface area contributed by atoms with Crippen molar-refractivity contribution in [2.75, 3.05) is 6.54 Å². The van der Waals surface area contributed by atoms with Gasteiger partial charge in [0, 0.05) is 18.1 Å². The molecule has 1 saturated carbocycles. The highest BCUT2D eigenvalue weighted by molar-refractivity contribution is 7.89. The van der Waals surface area contributed by atoms with Crippen molar-refractivity contribution < 1.29 is 8.42 Å². The quantitative estimate of drug-likeness (QED) is 0.817. The summed E-state index contributed by atoms with van der Waals surface area (Å²) in [5.74, 6) is 0. The second-order valence-electron chi connectivity index (χ2n) is 6.09. The molecule has 2 rings (SSSR count). The molecular weight excluding hydrogens is 236 g/mol. The molecule has 1 aliphatic carbocycles. The SMILES string of the molecule is CC1(C)CCC(N)CN1S(=O)(=O)C1CCCC1. The van der Waals surface area contributed by atoms with E-state index in [4.69, 9.17) is 5.73 Å². The van der Waals surface area contributed by atoms with Gasteiger partial charge in [0.1, 0.15) is 0 Å². The molecule has 1 unspecified atom stereocenters. The fraction of sp³-hybridized carbons (Fsp3) is 1.00. The molecule has 0 aromatic rings. The maximum atomic E-state index is 12.6. The lowest BCUT2D eigenvalue weighted by molar-refractivity contribution is 0.153. The van der Waals surface area contributed by atoms with Crippen LogP contribution in [0.4, 0.5) is 0 Å². The van der Waals surface area contributed by atoms with Crippen molar-refractivity contribution in [1.82, 2.24) is 4.31 Å². The van der Waals surface area contributed by atoms with Crippen LogP contribution < -0.4 is 5.73 Å². The molecule has 0 spiro atoms. The third kappa shape index (κ3) is 2.51. The van der Waals surface area contributed by atoms with E-state index in [1.165, 1.54) is 0 Å². The minimum atomic E-state index is -3.15. The van der Waals surface area contributed by atoms with Gasteiger partial charge in [-0.25, -0.2) is 8.42 Å². The first kappa shape index (κ1) is 13.3. The van der Waals surface area contributed by atoms with Crippen LogP contribution in [0.25, 0.3) is 0 Å². The van der Waals surface area contributed by atoms with Crippen molar-refractivity contribution >= 4 is 10.0 Å². The van der Waals surface area contributed by atoms with Gasteiger partial charge in [0.05, 0.1) is 5.25 Å². The summed E-state index contributed by atoms with van der Waals surface area (Å²) in [6, 6.07) is -0.000738. The van der Waals surface area contributed by atoms with Crippen LogP contribution in [0.1, 0.15) is 52.4 Å². The molecule has 2 N–H and O–H groups in total. The van der Waals surface area contributed by atoms with Gasteiger partial charge in [0.2, 0.25) is 10.0 Å². The van der Waals surface area contributed by atoms with Crippen LogP contribution in [0.15, 0.2) is 0 Å².